The second kappa shape index (κ2) is 24.2. The van der Waals surface area contributed by atoms with Crippen LogP contribution in [0, 0.1) is 0 Å². The highest BCUT2D eigenvalue weighted by molar-refractivity contribution is 5.69. The SMILES string of the molecule is CC(C)(C)OC(=O)CCOCCOCCOCCOCCOCCOCCOCCOC1CCNCC1. The molecular formula is C26H51NO10. The van der Waals surface area contributed by atoms with Gasteiger partial charge in [0, 0.05) is 0 Å². The minimum Gasteiger partial charge on any atom is -0.460 e. The summed E-state index contributed by atoms with van der Waals surface area (Å²) in [7, 11) is 0. The number of esters is 1. The van der Waals surface area contributed by atoms with Crippen LogP contribution in [-0.4, -0.2) is 130 Å². The van der Waals surface area contributed by atoms with Gasteiger partial charge in [0.25, 0.3) is 0 Å². The van der Waals surface area contributed by atoms with E-state index in [1.54, 1.807) is 0 Å². The van der Waals surface area contributed by atoms with Gasteiger partial charge >= 0.3 is 5.97 Å². The van der Waals surface area contributed by atoms with Crippen molar-refractivity contribution in [2.45, 2.75) is 51.7 Å². The first-order valence-corrected chi connectivity index (χ1v) is 13.6. The molecule has 1 N–H and O–H groups in total. The van der Waals surface area contributed by atoms with Crippen molar-refractivity contribution in [2.75, 3.05) is 112 Å². The molecule has 0 aliphatic carbocycles. The molecule has 0 saturated carbocycles. The lowest BCUT2D eigenvalue weighted by molar-refractivity contribution is -0.156. The van der Waals surface area contributed by atoms with E-state index in [1.165, 1.54) is 0 Å². The number of hydrogen-bond donors (Lipinski definition) is 1. The van der Waals surface area contributed by atoms with Gasteiger partial charge in [-0.25, -0.2) is 0 Å². The molecule has 220 valence electrons. The molecule has 0 unspecified atom stereocenters. The van der Waals surface area contributed by atoms with Crippen LogP contribution in [0.3, 0.4) is 0 Å². The second-order valence-electron chi connectivity index (χ2n) is 9.44. The Balaban J connectivity index is 1.65. The summed E-state index contributed by atoms with van der Waals surface area (Å²) in [5.41, 5.74) is -0.465. The van der Waals surface area contributed by atoms with Crippen molar-refractivity contribution in [3.63, 3.8) is 0 Å². The number of hydrogen-bond acceptors (Lipinski definition) is 11. The molecule has 0 spiro atoms. The first kappa shape index (κ1) is 34.1. The average molecular weight is 538 g/mol. The molecule has 1 saturated heterocycles. The quantitative estimate of drug-likeness (QED) is 0.135. The third-order valence-corrected chi connectivity index (χ3v) is 4.97. The summed E-state index contributed by atoms with van der Waals surface area (Å²) < 4.78 is 49.1. The standard InChI is InChI=1S/C26H51NO10/c1-26(2,3)37-25(28)6-9-29-10-11-30-12-13-31-14-15-32-16-17-33-18-19-34-20-21-35-22-23-36-24-4-7-27-8-5-24/h24,27H,4-23H2,1-3H3. The van der Waals surface area contributed by atoms with Crippen LogP contribution in [0.4, 0.5) is 0 Å². The third-order valence-electron chi connectivity index (χ3n) is 4.97. The zero-order chi connectivity index (χ0) is 26.9. The van der Waals surface area contributed by atoms with E-state index >= 15 is 0 Å². The Morgan fingerprint density at radius 1 is 0.595 bits per heavy atom. The predicted molar refractivity (Wildman–Crippen MR) is 138 cm³/mol. The molecule has 0 aromatic heterocycles. The minimum atomic E-state index is -0.465. The van der Waals surface area contributed by atoms with Crippen molar-refractivity contribution in [2.24, 2.45) is 0 Å². The van der Waals surface area contributed by atoms with Gasteiger partial charge in [-0.05, 0) is 46.7 Å². The average Bonchev–Trinajstić information content (AvgIpc) is 2.86. The van der Waals surface area contributed by atoms with Crippen LogP contribution in [0.5, 0.6) is 0 Å². The van der Waals surface area contributed by atoms with Gasteiger partial charge in [0.1, 0.15) is 5.60 Å². The number of piperidine rings is 1. The first-order valence-electron chi connectivity index (χ1n) is 13.6. The molecule has 1 rings (SSSR count). The topological polar surface area (TPSA) is 112 Å². The third kappa shape index (κ3) is 25.2. The van der Waals surface area contributed by atoms with Crippen molar-refractivity contribution >= 4 is 5.97 Å². The van der Waals surface area contributed by atoms with Crippen LogP contribution in [0.1, 0.15) is 40.0 Å². The highest BCUT2D eigenvalue weighted by Gasteiger charge is 2.15. The molecule has 1 aliphatic heterocycles. The Hall–Kier alpha value is -0.890. The maximum atomic E-state index is 11.5. The smallest absolute Gasteiger partial charge is 0.308 e. The molecule has 1 heterocycles. The summed E-state index contributed by atoms with van der Waals surface area (Å²) in [6.07, 6.45) is 2.77. The summed E-state index contributed by atoms with van der Waals surface area (Å²) in [5.74, 6) is -0.258. The van der Waals surface area contributed by atoms with Crippen LogP contribution in [-0.2, 0) is 47.4 Å². The van der Waals surface area contributed by atoms with Gasteiger partial charge in [-0.15, -0.1) is 0 Å². The summed E-state index contributed by atoms with van der Waals surface area (Å²) >= 11 is 0. The number of carbonyl (C=O) groups excluding carboxylic acids is 1. The molecular weight excluding hydrogens is 486 g/mol. The van der Waals surface area contributed by atoms with Crippen LogP contribution in [0.2, 0.25) is 0 Å². The van der Waals surface area contributed by atoms with Crippen molar-refractivity contribution in [1.29, 1.82) is 0 Å². The number of nitrogens with one attached hydrogen (secondary N) is 1. The van der Waals surface area contributed by atoms with Gasteiger partial charge in [0.2, 0.25) is 0 Å². The van der Waals surface area contributed by atoms with Crippen molar-refractivity contribution < 1.29 is 47.4 Å². The van der Waals surface area contributed by atoms with Crippen molar-refractivity contribution in [1.82, 2.24) is 5.32 Å². The van der Waals surface area contributed by atoms with Gasteiger partial charge in [-0.1, -0.05) is 0 Å². The number of rotatable bonds is 25. The van der Waals surface area contributed by atoms with E-state index in [0.717, 1.165) is 25.9 Å². The van der Waals surface area contributed by atoms with E-state index in [-0.39, 0.29) is 12.4 Å². The van der Waals surface area contributed by atoms with E-state index in [9.17, 15) is 4.79 Å². The van der Waals surface area contributed by atoms with Gasteiger partial charge in [-0.3, -0.25) is 4.79 Å². The highest BCUT2D eigenvalue weighted by Crippen LogP contribution is 2.08. The van der Waals surface area contributed by atoms with Crippen molar-refractivity contribution in [3.8, 4) is 0 Å². The fourth-order valence-corrected chi connectivity index (χ4v) is 3.21. The lowest BCUT2D eigenvalue weighted by Crippen LogP contribution is -2.33. The Labute approximate surface area is 223 Å². The first-order chi connectivity index (χ1) is 18.0. The van der Waals surface area contributed by atoms with Crippen molar-refractivity contribution in [3.05, 3.63) is 0 Å². The Bertz CT molecular complexity index is 512. The van der Waals surface area contributed by atoms with Gasteiger partial charge in [0.05, 0.1) is 112 Å². The maximum Gasteiger partial charge on any atom is 0.308 e. The van der Waals surface area contributed by atoms with Crippen LogP contribution in [0.15, 0.2) is 0 Å². The predicted octanol–water partition coefficient (Wildman–Crippen LogP) is 1.60. The molecule has 1 aliphatic rings. The van der Waals surface area contributed by atoms with Gasteiger partial charge in [-0.2, -0.15) is 0 Å². The van der Waals surface area contributed by atoms with E-state index in [0.29, 0.717) is 105 Å². The highest BCUT2D eigenvalue weighted by atomic mass is 16.6. The number of carbonyl (C=O) groups is 1. The molecule has 11 heteroatoms. The van der Waals surface area contributed by atoms with E-state index < -0.39 is 5.60 Å². The lowest BCUT2D eigenvalue weighted by atomic mass is 10.1. The molecule has 1 fully saturated rings. The second-order valence-corrected chi connectivity index (χ2v) is 9.44. The van der Waals surface area contributed by atoms with Crippen LogP contribution >= 0.6 is 0 Å². The maximum absolute atomic E-state index is 11.5. The van der Waals surface area contributed by atoms with Crippen LogP contribution in [0.25, 0.3) is 0 Å². The Morgan fingerprint density at radius 3 is 1.32 bits per heavy atom. The summed E-state index contributed by atoms with van der Waals surface area (Å²) in [5, 5.41) is 3.32. The monoisotopic (exact) mass is 537 g/mol. The molecule has 0 atom stereocenters. The fraction of sp³-hybridized carbons (Fsp3) is 0.962. The molecule has 37 heavy (non-hydrogen) atoms. The van der Waals surface area contributed by atoms with Crippen LogP contribution < -0.4 is 5.32 Å². The summed E-state index contributed by atoms with van der Waals surface area (Å²) in [4.78, 5) is 11.5. The molecule has 0 aromatic rings. The van der Waals surface area contributed by atoms with E-state index in [4.69, 9.17) is 42.6 Å². The lowest BCUT2D eigenvalue weighted by Gasteiger charge is -2.22. The fourth-order valence-electron chi connectivity index (χ4n) is 3.21. The van der Waals surface area contributed by atoms with E-state index in [1.807, 2.05) is 20.8 Å². The zero-order valence-corrected chi connectivity index (χ0v) is 23.3. The van der Waals surface area contributed by atoms with E-state index in [2.05, 4.69) is 5.32 Å². The largest absolute Gasteiger partial charge is 0.460 e. The summed E-state index contributed by atoms with van der Waals surface area (Å²) in [6.45, 7) is 15.2. The molecule has 0 aromatic carbocycles. The minimum absolute atomic E-state index is 0.240. The molecule has 0 amide bonds. The normalized spacial score (nSPS) is 14.8. The Kier molecular flexibility index (Phi) is 22.3. The zero-order valence-electron chi connectivity index (χ0n) is 23.3. The molecule has 0 bridgehead atoms. The summed E-state index contributed by atoms with van der Waals surface area (Å²) in [6, 6.07) is 0. The molecule has 0 radical (unpaired) electrons. The molecule has 11 nitrogen and oxygen atoms in total. The van der Waals surface area contributed by atoms with Gasteiger partial charge in [0.15, 0.2) is 0 Å². The van der Waals surface area contributed by atoms with Gasteiger partial charge < -0.3 is 47.9 Å². The number of ether oxygens (including phenoxy) is 9. The Morgan fingerprint density at radius 2 is 0.946 bits per heavy atom.